The molecule has 5 heteroatoms. The summed E-state index contributed by atoms with van der Waals surface area (Å²) in [6.07, 6.45) is 0. The molecule has 0 unspecified atom stereocenters. The fourth-order valence-corrected chi connectivity index (χ4v) is 2.17. The molecule has 0 atom stereocenters. The molecule has 0 radical (unpaired) electrons. The van der Waals surface area contributed by atoms with Crippen molar-refractivity contribution < 1.29 is 13.9 Å². The molecule has 0 spiro atoms. The summed E-state index contributed by atoms with van der Waals surface area (Å²) in [6, 6.07) is 10.3. The van der Waals surface area contributed by atoms with Crippen molar-refractivity contribution in [2.75, 3.05) is 7.11 Å². The van der Waals surface area contributed by atoms with E-state index in [2.05, 4.69) is 15.9 Å². The first kappa shape index (κ1) is 15.1. The Morgan fingerprint density at radius 1 is 1.10 bits per heavy atom. The van der Waals surface area contributed by atoms with Crippen molar-refractivity contribution in [2.24, 2.45) is 0 Å². The van der Waals surface area contributed by atoms with Gasteiger partial charge in [-0.1, -0.05) is 39.7 Å². The summed E-state index contributed by atoms with van der Waals surface area (Å²) in [6.45, 7) is 0.248. The molecule has 0 aliphatic carbocycles. The third-order valence-electron chi connectivity index (χ3n) is 2.76. The number of hydrogen-bond acceptors (Lipinski definition) is 2. The van der Waals surface area contributed by atoms with Gasteiger partial charge in [-0.05, 0) is 35.4 Å². The summed E-state index contributed by atoms with van der Waals surface area (Å²) in [5, 5.41) is 0.847. The zero-order valence-electron chi connectivity index (χ0n) is 10.8. The van der Waals surface area contributed by atoms with Crippen LogP contribution in [0.1, 0.15) is 11.1 Å². The summed E-state index contributed by atoms with van der Waals surface area (Å²) in [7, 11) is 1.59. The molecule has 0 N–H and O–H groups in total. The van der Waals surface area contributed by atoms with E-state index in [0.29, 0.717) is 17.1 Å². The zero-order valence-corrected chi connectivity index (χ0v) is 13.2. The van der Waals surface area contributed by atoms with Crippen LogP contribution in [0.3, 0.4) is 0 Å². The average Bonchev–Trinajstić information content (AvgIpc) is 2.48. The van der Waals surface area contributed by atoms with Gasteiger partial charge in [-0.25, -0.2) is 4.39 Å². The van der Waals surface area contributed by atoms with Crippen LogP contribution in [-0.2, 0) is 11.9 Å². The first-order valence-corrected chi connectivity index (χ1v) is 7.43. The second-order valence-corrected chi connectivity index (χ2v) is 5.12. The lowest BCUT2D eigenvalue weighted by atomic mass is 10.2. The van der Waals surface area contributed by atoms with Crippen molar-refractivity contribution in [3.63, 3.8) is 0 Å². The minimum absolute atomic E-state index is 0.105. The minimum Gasteiger partial charge on any atom is -0.493 e. The Balaban J connectivity index is 2.12. The van der Waals surface area contributed by atoms with Crippen LogP contribution >= 0.6 is 27.5 Å². The highest BCUT2D eigenvalue weighted by atomic mass is 79.9. The lowest BCUT2D eigenvalue weighted by Crippen LogP contribution is -1.98. The van der Waals surface area contributed by atoms with Gasteiger partial charge in [0.15, 0.2) is 11.5 Å². The Labute approximate surface area is 130 Å². The van der Waals surface area contributed by atoms with Gasteiger partial charge >= 0.3 is 0 Å². The van der Waals surface area contributed by atoms with Crippen LogP contribution in [0.5, 0.6) is 11.5 Å². The molecule has 0 fully saturated rings. The molecule has 2 aromatic carbocycles. The Hall–Kier alpha value is -1.26. The number of benzene rings is 2. The van der Waals surface area contributed by atoms with Crippen molar-refractivity contribution in [3.8, 4) is 11.5 Å². The fourth-order valence-electron chi connectivity index (χ4n) is 1.70. The topological polar surface area (TPSA) is 18.5 Å². The highest BCUT2D eigenvalue weighted by Gasteiger charge is 2.07. The smallest absolute Gasteiger partial charge is 0.161 e. The summed E-state index contributed by atoms with van der Waals surface area (Å²) >= 11 is 9.02. The molecule has 2 nitrogen and oxygen atoms in total. The highest BCUT2D eigenvalue weighted by Crippen LogP contribution is 2.29. The molecule has 2 aromatic rings. The van der Waals surface area contributed by atoms with Crippen molar-refractivity contribution in [1.82, 2.24) is 0 Å². The molecule has 0 amide bonds. The third-order valence-corrected chi connectivity index (χ3v) is 3.71. The molecule has 0 aliphatic rings. The number of halogens is 3. The maximum Gasteiger partial charge on any atom is 0.161 e. The Bertz CT molecular complexity index is 604. The predicted octanol–water partition coefficient (Wildman–Crippen LogP) is 4.96. The summed E-state index contributed by atoms with van der Waals surface area (Å²) < 4.78 is 24.3. The quantitative estimate of drug-likeness (QED) is 0.702. The van der Waals surface area contributed by atoms with Crippen LogP contribution in [0.25, 0.3) is 0 Å². The second-order valence-electron chi connectivity index (χ2n) is 4.16. The van der Waals surface area contributed by atoms with E-state index in [0.717, 1.165) is 10.9 Å². The molecular weight excluding hydrogens is 347 g/mol. The summed E-state index contributed by atoms with van der Waals surface area (Å²) in [5.74, 6) is 0.818. The van der Waals surface area contributed by atoms with E-state index in [1.807, 2.05) is 18.2 Å². The van der Waals surface area contributed by atoms with Crippen LogP contribution in [0.2, 0.25) is 5.02 Å². The SMILES string of the molecule is COc1cc(CBr)ccc1OCc1ccc(Cl)c(F)c1. The van der Waals surface area contributed by atoms with E-state index in [-0.39, 0.29) is 11.6 Å². The van der Waals surface area contributed by atoms with Crippen molar-refractivity contribution in [2.45, 2.75) is 11.9 Å². The Kier molecular flexibility index (Phi) is 5.26. The maximum atomic E-state index is 13.3. The molecule has 0 heterocycles. The Morgan fingerprint density at radius 3 is 2.50 bits per heavy atom. The molecule has 0 bridgehead atoms. The monoisotopic (exact) mass is 358 g/mol. The van der Waals surface area contributed by atoms with Gasteiger partial charge in [-0.3, -0.25) is 0 Å². The molecule has 106 valence electrons. The van der Waals surface area contributed by atoms with Gasteiger partial charge < -0.3 is 9.47 Å². The highest BCUT2D eigenvalue weighted by molar-refractivity contribution is 9.08. The number of methoxy groups -OCH3 is 1. The standard InChI is InChI=1S/C15H13BrClFO2/c1-19-15-7-10(8-16)3-5-14(15)20-9-11-2-4-12(17)13(18)6-11/h2-7H,8-9H2,1H3. The van der Waals surface area contributed by atoms with E-state index in [4.69, 9.17) is 21.1 Å². The fraction of sp³-hybridized carbons (Fsp3) is 0.200. The molecule has 20 heavy (non-hydrogen) atoms. The van der Waals surface area contributed by atoms with Gasteiger partial charge in [0.05, 0.1) is 12.1 Å². The first-order chi connectivity index (χ1) is 9.63. The van der Waals surface area contributed by atoms with Crippen LogP contribution in [0.4, 0.5) is 4.39 Å². The Morgan fingerprint density at radius 2 is 1.85 bits per heavy atom. The molecule has 0 saturated carbocycles. The van der Waals surface area contributed by atoms with Gasteiger partial charge in [-0.15, -0.1) is 0 Å². The number of rotatable bonds is 5. The van der Waals surface area contributed by atoms with Gasteiger partial charge in [-0.2, -0.15) is 0 Å². The van der Waals surface area contributed by atoms with Crippen molar-refractivity contribution >= 4 is 27.5 Å². The van der Waals surface area contributed by atoms with E-state index >= 15 is 0 Å². The van der Waals surface area contributed by atoms with Crippen molar-refractivity contribution in [1.29, 1.82) is 0 Å². The second kappa shape index (κ2) is 6.95. The molecule has 0 saturated heterocycles. The van der Waals surface area contributed by atoms with Gasteiger partial charge in [0.1, 0.15) is 12.4 Å². The molecular formula is C15H13BrClFO2. The largest absolute Gasteiger partial charge is 0.493 e. The first-order valence-electron chi connectivity index (χ1n) is 5.93. The molecule has 2 rings (SSSR count). The molecule has 0 aromatic heterocycles. The third kappa shape index (κ3) is 3.64. The van der Waals surface area contributed by atoms with Gasteiger partial charge in [0, 0.05) is 5.33 Å². The van der Waals surface area contributed by atoms with Crippen molar-refractivity contribution in [3.05, 3.63) is 58.4 Å². The van der Waals surface area contributed by atoms with Crippen LogP contribution in [0, 0.1) is 5.82 Å². The number of hydrogen-bond donors (Lipinski definition) is 0. The minimum atomic E-state index is -0.450. The normalized spacial score (nSPS) is 10.4. The van der Waals surface area contributed by atoms with E-state index in [9.17, 15) is 4.39 Å². The lowest BCUT2D eigenvalue weighted by Gasteiger charge is -2.12. The van der Waals surface area contributed by atoms with E-state index < -0.39 is 5.82 Å². The summed E-state index contributed by atoms with van der Waals surface area (Å²) in [4.78, 5) is 0. The predicted molar refractivity (Wildman–Crippen MR) is 81.4 cm³/mol. The average molecular weight is 360 g/mol. The number of alkyl halides is 1. The zero-order chi connectivity index (χ0) is 14.5. The van der Waals surface area contributed by atoms with E-state index in [1.54, 1.807) is 13.2 Å². The van der Waals surface area contributed by atoms with Crippen LogP contribution < -0.4 is 9.47 Å². The van der Waals surface area contributed by atoms with Gasteiger partial charge in [0.25, 0.3) is 0 Å². The van der Waals surface area contributed by atoms with Gasteiger partial charge in [0.2, 0.25) is 0 Å². The van der Waals surface area contributed by atoms with E-state index in [1.165, 1.54) is 12.1 Å². The molecule has 0 aliphatic heterocycles. The number of ether oxygens (including phenoxy) is 2. The summed E-state index contributed by atoms with van der Waals surface area (Å²) in [5.41, 5.74) is 1.80. The maximum absolute atomic E-state index is 13.3. The van der Waals surface area contributed by atoms with Crippen LogP contribution in [-0.4, -0.2) is 7.11 Å². The van der Waals surface area contributed by atoms with Crippen LogP contribution in [0.15, 0.2) is 36.4 Å². The lowest BCUT2D eigenvalue weighted by molar-refractivity contribution is 0.284.